The van der Waals surface area contributed by atoms with Crippen LogP contribution in [0.1, 0.15) is 17.9 Å². The van der Waals surface area contributed by atoms with Gasteiger partial charge in [0.15, 0.2) is 0 Å². The molecule has 1 aliphatic rings. The summed E-state index contributed by atoms with van der Waals surface area (Å²) in [6, 6.07) is 6.25. The standard InChI is InChI=1S/C15H15BN2OS/c1-16(10-17)9-11-5-7-19-14-12(11)3-2-4-13(14)15-18-6-8-20-15/h2-4,6,8,11H,5,7,9H2,1H3. The molecule has 0 bridgehead atoms. The van der Waals surface area contributed by atoms with E-state index in [1.807, 2.05) is 18.4 Å². The molecule has 20 heavy (non-hydrogen) atoms. The van der Waals surface area contributed by atoms with Crippen LogP contribution in [0.3, 0.4) is 0 Å². The van der Waals surface area contributed by atoms with E-state index in [9.17, 15) is 0 Å². The van der Waals surface area contributed by atoms with Gasteiger partial charge in [0.1, 0.15) is 10.8 Å². The van der Waals surface area contributed by atoms with Crippen LogP contribution < -0.4 is 4.74 Å². The van der Waals surface area contributed by atoms with Crippen LogP contribution in [0.15, 0.2) is 29.8 Å². The Morgan fingerprint density at radius 3 is 3.20 bits per heavy atom. The van der Waals surface area contributed by atoms with Crippen LogP contribution in [0.5, 0.6) is 5.75 Å². The number of aromatic nitrogens is 1. The zero-order valence-corrected chi connectivity index (χ0v) is 12.2. The third kappa shape index (κ3) is 2.44. The number of ether oxygens (including phenoxy) is 1. The van der Waals surface area contributed by atoms with Gasteiger partial charge < -0.3 is 4.74 Å². The van der Waals surface area contributed by atoms with Gasteiger partial charge in [-0.15, -0.1) is 11.3 Å². The van der Waals surface area contributed by atoms with Gasteiger partial charge in [0, 0.05) is 17.5 Å². The van der Waals surface area contributed by atoms with Gasteiger partial charge in [0.2, 0.25) is 0 Å². The Morgan fingerprint density at radius 2 is 2.45 bits per heavy atom. The third-order valence-corrected chi connectivity index (χ3v) is 4.53. The summed E-state index contributed by atoms with van der Waals surface area (Å²) >= 11 is 1.63. The summed E-state index contributed by atoms with van der Waals surface area (Å²) in [4.78, 5) is 4.38. The molecule has 3 nitrogen and oxygen atoms in total. The van der Waals surface area contributed by atoms with Gasteiger partial charge in [0.25, 0.3) is 6.71 Å². The topological polar surface area (TPSA) is 45.9 Å². The summed E-state index contributed by atoms with van der Waals surface area (Å²) in [5.74, 6) is 3.71. The van der Waals surface area contributed by atoms with E-state index >= 15 is 0 Å². The Balaban J connectivity index is 1.99. The van der Waals surface area contributed by atoms with E-state index in [0.29, 0.717) is 5.92 Å². The number of hydrogen-bond donors (Lipinski definition) is 0. The molecule has 1 aliphatic heterocycles. The molecule has 3 rings (SSSR count). The first-order valence-electron chi connectivity index (χ1n) is 6.84. The molecule has 0 aliphatic carbocycles. The van der Waals surface area contributed by atoms with Gasteiger partial charge in [-0.2, -0.15) is 0 Å². The molecule has 0 amide bonds. The normalized spacial score (nSPS) is 16.9. The summed E-state index contributed by atoms with van der Waals surface area (Å²) in [5.41, 5.74) is 2.30. The lowest BCUT2D eigenvalue weighted by Gasteiger charge is -2.27. The molecule has 1 unspecified atom stereocenters. The number of nitrogens with zero attached hydrogens (tertiary/aromatic N) is 2. The SMILES string of the molecule is CB(C#N)CC1CCOc2c(-c3nccs3)cccc21. The molecule has 1 atom stereocenters. The molecule has 0 spiro atoms. The van der Waals surface area contributed by atoms with Crippen molar-refractivity contribution in [2.75, 3.05) is 6.61 Å². The Hall–Kier alpha value is -1.80. The first-order valence-corrected chi connectivity index (χ1v) is 7.72. The average molecular weight is 282 g/mol. The van der Waals surface area contributed by atoms with Crippen LogP contribution in [0, 0.1) is 11.2 Å². The quantitative estimate of drug-likeness (QED) is 0.803. The molecule has 0 radical (unpaired) electrons. The van der Waals surface area contributed by atoms with Crippen molar-refractivity contribution in [3.8, 4) is 22.3 Å². The van der Waals surface area contributed by atoms with Crippen molar-refractivity contribution in [2.24, 2.45) is 0 Å². The molecular weight excluding hydrogens is 267 g/mol. The highest BCUT2D eigenvalue weighted by molar-refractivity contribution is 7.13. The van der Waals surface area contributed by atoms with Crippen molar-refractivity contribution in [1.29, 1.82) is 5.26 Å². The van der Waals surface area contributed by atoms with Crippen molar-refractivity contribution in [2.45, 2.75) is 25.5 Å². The first-order chi connectivity index (χ1) is 9.79. The first kappa shape index (κ1) is 13.2. The van der Waals surface area contributed by atoms with Gasteiger partial charge in [-0.25, -0.2) is 10.2 Å². The van der Waals surface area contributed by atoms with Gasteiger partial charge in [-0.1, -0.05) is 25.3 Å². The van der Waals surface area contributed by atoms with E-state index in [4.69, 9.17) is 10.00 Å². The molecule has 1 aromatic carbocycles. The minimum Gasteiger partial charge on any atom is -0.493 e. The lowest BCUT2D eigenvalue weighted by atomic mass is 9.48. The number of benzene rings is 1. The maximum Gasteiger partial charge on any atom is 0.265 e. The van der Waals surface area contributed by atoms with Gasteiger partial charge in [0.05, 0.1) is 12.2 Å². The summed E-state index contributed by atoms with van der Waals surface area (Å²) < 4.78 is 5.91. The van der Waals surface area contributed by atoms with Crippen molar-refractivity contribution >= 4 is 18.0 Å². The van der Waals surface area contributed by atoms with Crippen molar-refractivity contribution < 1.29 is 4.74 Å². The Bertz CT molecular complexity index is 636. The fraction of sp³-hybridized carbons (Fsp3) is 0.333. The second kappa shape index (κ2) is 5.68. The van der Waals surface area contributed by atoms with E-state index in [1.54, 1.807) is 11.3 Å². The lowest BCUT2D eigenvalue weighted by molar-refractivity contribution is 0.273. The van der Waals surface area contributed by atoms with Crippen LogP contribution >= 0.6 is 11.3 Å². The third-order valence-electron chi connectivity index (χ3n) is 3.72. The molecule has 0 saturated heterocycles. The molecule has 100 valence electrons. The van der Waals surface area contributed by atoms with E-state index < -0.39 is 0 Å². The molecule has 2 heterocycles. The number of thiazole rings is 1. The zero-order chi connectivity index (χ0) is 13.9. The van der Waals surface area contributed by atoms with Crippen molar-refractivity contribution in [3.63, 3.8) is 0 Å². The summed E-state index contributed by atoms with van der Waals surface area (Å²) in [6.07, 6.45) is 3.70. The highest BCUT2D eigenvalue weighted by atomic mass is 32.1. The maximum absolute atomic E-state index is 9.03. The molecule has 0 N–H and O–H groups in total. The van der Waals surface area contributed by atoms with Crippen molar-refractivity contribution in [3.05, 3.63) is 35.3 Å². The predicted octanol–water partition coefficient (Wildman–Crippen LogP) is 3.86. The van der Waals surface area contributed by atoms with E-state index in [1.165, 1.54) is 5.56 Å². The molecule has 0 saturated carbocycles. The summed E-state index contributed by atoms with van der Waals surface area (Å²) in [6.45, 7) is 2.78. The number of para-hydroxylation sites is 1. The van der Waals surface area contributed by atoms with E-state index in [2.05, 4.69) is 29.2 Å². The number of nitriles is 1. The second-order valence-corrected chi connectivity index (χ2v) is 6.06. The van der Waals surface area contributed by atoms with Crippen LogP contribution in [-0.2, 0) is 0 Å². The van der Waals surface area contributed by atoms with E-state index in [0.717, 1.165) is 35.7 Å². The largest absolute Gasteiger partial charge is 0.493 e. The van der Waals surface area contributed by atoms with Gasteiger partial charge >= 0.3 is 0 Å². The minimum absolute atomic E-state index is 0.0782. The Labute approximate surface area is 123 Å². The zero-order valence-electron chi connectivity index (χ0n) is 11.4. The Kier molecular flexibility index (Phi) is 3.75. The average Bonchev–Trinajstić information content (AvgIpc) is 3.01. The fourth-order valence-electron chi connectivity index (χ4n) is 2.75. The van der Waals surface area contributed by atoms with Crippen LogP contribution in [0.4, 0.5) is 0 Å². The minimum atomic E-state index is 0.0782. The monoisotopic (exact) mass is 282 g/mol. The van der Waals surface area contributed by atoms with Crippen LogP contribution in [0.2, 0.25) is 13.1 Å². The van der Waals surface area contributed by atoms with Gasteiger partial charge in [-0.05, 0) is 24.0 Å². The second-order valence-electron chi connectivity index (χ2n) is 5.16. The smallest absolute Gasteiger partial charge is 0.265 e. The number of fused-ring (bicyclic) bond motifs is 1. The summed E-state index contributed by atoms with van der Waals surface area (Å²) in [7, 11) is 0. The highest BCUT2D eigenvalue weighted by Crippen LogP contribution is 2.43. The lowest BCUT2D eigenvalue weighted by Crippen LogP contribution is -2.19. The number of hydrogen-bond acceptors (Lipinski definition) is 4. The fourth-order valence-corrected chi connectivity index (χ4v) is 3.41. The van der Waals surface area contributed by atoms with Gasteiger partial charge in [-0.3, -0.25) is 0 Å². The van der Waals surface area contributed by atoms with Crippen molar-refractivity contribution in [1.82, 2.24) is 4.98 Å². The molecule has 5 heteroatoms. The number of rotatable bonds is 3. The highest BCUT2D eigenvalue weighted by Gasteiger charge is 2.27. The summed E-state index contributed by atoms with van der Waals surface area (Å²) in [5, 5.41) is 12.0. The predicted molar refractivity (Wildman–Crippen MR) is 82.4 cm³/mol. The molecular formula is C15H15BN2OS. The van der Waals surface area contributed by atoms with Crippen LogP contribution in [0.25, 0.3) is 10.6 Å². The Morgan fingerprint density at radius 1 is 1.55 bits per heavy atom. The maximum atomic E-state index is 9.03. The molecule has 1 aromatic heterocycles. The molecule has 2 aromatic rings. The van der Waals surface area contributed by atoms with Crippen LogP contribution in [-0.4, -0.2) is 18.3 Å². The molecule has 0 fully saturated rings. The van der Waals surface area contributed by atoms with E-state index in [-0.39, 0.29) is 6.71 Å².